The van der Waals surface area contributed by atoms with Crippen LogP contribution in [-0.4, -0.2) is 44.9 Å². The highest BCUT2D eigenvalue weighted by Gasteiger charge is 2.22. The van der Waals surface area contributed by atoms with Crippen LogP contribution in [0.1, 0.15) is 28.7 Å². The molecule has 1 aromatic heterocycles. The zero-order chi connectivity index (χ0) is 23.3. The lowest BCUT2D eigenvalue weighted by Gasteiger charge is -2.24. The van der Waals surface area contributed by atoms with Gasteiger partial charge in [0.25, 0.3) is 0 Å². The second-order valence-corrected chi connectivity index (χ2v) is 7.47. The smallest absolute Gasteiger partial charge is 0.333 e. The van der Waals surface area contributed by atoms with E-state index >= 15 is 0 Å². The summed E-state index contributed by atoms with van der Waals surface area (Å²) in [5.74, 6) is -2.51. The molecule has 0 fully saturated rings. The normalized spacial score (nSPS) is 12.0. The van der Waals surface area contributed by atoms with E-state index < -0.39 is 23.8 Å². The van der Waals surface area contributed by atoms with Crippen LogP contribution < -0.4 is 5.43 Å². The molecule has 1 heterocycles. The maximum absolute atomic E-state index is 14.1. The van der Waals surface area contributed by atoms with Crippen molar-refractivity contribution < 1.29 is 28.7 Å². The summed E-state index contributed by atoms with van der Waals surface area (Å²) in [5, 5.41) is 24.2. The number of carbonyl (C=O) groups is 2. The van der Waals surface area contributed by atoms with Gasteiger partial charge in [0.2, 0.25) is 5.76 Å². The molecular formula is C22H21ClFN3O5. The molecule has 168 valence electrons. The Bertz CT molecular complexity index is 1100. The molecule has 3 N–H and O–H groups in total. The number of amides is 1. The van der Waals surface area contributed by atoms with Gasteiger partial charge in [0, 0.05) is 23.2 Å². The monoisotopic (exact) mass is 461 g/mol. The van der Waals surface area contributed by atoms with E-state index in [1.54, 1.807) is 24.3 Å². The van der Waals surface area contributed by atoms with Crippen molar-refractivity contribution in [2.45, 2.75) is 26.0 Å². The number of aryl methyl sites for hydroxylation is 1. The second kappa shape index (κ2) is 10.4. The van der Waals surface area contributed by atoms with Crippen molar-refractivity contribution >= 4 is 23.5 Å². The first kappa shape index (κ1) is 23.4. The molecule has 1 atom stereocenters. The molecule has 0 aliphatic carbocycles. The van der Waals surface area contributed by atoms with Gasteiger partial charge in [-0.25, -0.2) is 14.2 Å². The average Bonchev–Trinajstić information content (AvgIpc) is 3.25. The standard InChI is InChI=1S/C22H21ClFN3O5/c1-2-16-10-20(32-26-16)21(29)25-27(12-19(28)22(30)31)11-13-3-5-14(6-4-13)17-9-15(23)7-8-18(17)24/h3-10,19,28H,2,11-12H2,1H3,(H,25,29)(H,30,31)/t19-/m1/s1. The molecule has 0 saturated heterocycles. The lowest BCUT2D eigenvalue weighted by atomic mass is 10.0. The number of benzene rings is 2. The first-order valence-corrected chi connectivity index (χ1v) is 10.1. The number of aliphatic hydroxyl groups is 1. The van der Waals surface area contributed by atoms with Crippen molar-refractivity contribution in [1.29, 1.82) is 0 Å². The van der Waals surface area contributed by atoms with E-state index in [1.807, 2.05) is 6.92 Å². The molecule has 0 aliphatic heterocycles. The van der Waals surface area contributed by atoms with Gasteiger partial charge < -0.3 is 14.7 Å². The number of hydrogen-bond acceptors (Lipinski definition) is 6. The Labute approximate surface area is 188 Å². The fourth-order valence-electron chi connectivity index (χ4n) is 2.95. The second-order valence-electron chi connectivity index (χ2n) is 7.03. The van der Waals surface area contributed by atoms with E-state index in [2.05, 4.69) is 10.6 Å². The number of carboxylic acids is 1. The van der Waals surface area contributed by atoms with E-state index in [9.17, 15) is 19.1 Å². The number of nitrogens with one attached hydrogen (secondary N) is 1. The fraction of sp³-hybridized carbons (Fsp3) is 0.227. The number of aliphatic carboxylic acids is 1. The molecule has 2 aromatic carbocycles. The van der Waals surface area contributed by atoms with Crippen molar-refractivity contribution in [2.24, 2.45) is 0 Å². The topological polar surface area (TPSA) is 116 Å². The first-order chi connectivity index (χ1) is 15.3. The van der Waals surface area contributed by atoms with Crippen molar-refractivity contribution in [2.75, 3.05) is 6.54 Å². The van der Waals surface area contributed by atoms with Crippen LogP contribution in [0.25, 0.3) is 11.1 Å². The van der Waals surface area contributed by atoms with Crippen LogP contribution in [0.15, 0.2) is 53.1 Å². The van der Waals surface area contributed by atoms with E-state index in [1.165, 1.54) is 29.3 Å². The van der Waals surface area contributed by atoms with E-state index in [0.717, 1.165) is 0 Å². The number of aromatic nitrogens is 1. The third-order valence-corrected chi connectivity index (χ3v) is 4.88. The zero-order valence-corrected chi connectivity index (χ0v) is 17.8. The summed E-state index contributed by atoms with van der Waals surface area (Å²) in [6, 6.07) is 12.5. The van der Waals surface area contributed by atoms with Crippen LogP contribution in [0.3, 0.4) is 0 Å². The summed E-state index contributed by atoms with van der Waals surface area (Å²) < 4.78 is 19.1. The third kappa shape index (κ3) is 5.91. The largest absolute Gasteiger partial charge is 0.479 e. The molecular weight excluding hydrogens is 441 g/mol. The van der Waals surface area contributed by atoms with Crippen LogP contribution in [0.5, 0.6) is 0 Å². The van der Waals surface area contributed by atoms with Crippen molar-refractivity contribution in [1.82, 2.24) is 15.6 Å². The molecule has 0 radical (unpaired) electrons. The zero-order valence-electron chi connectivity index (χ0n) is 17.1. The molecule has 10 heteroatoms. The molecule has 32 heavy (non-hydrogen) atoms. The number of carbonyl (C=O) groups excluding carboxylic acids is 1. The van der Waals surface area contributed by atoms with Gasteiger partial charge in [-0.3, -0.25) is 10.2 Å². The molecule has 1 amide bonds. The number of aliphatic hydroxyl groups excluding tert-OH is 1. The maximum Gasteiger partial charge on any atom is 0.333 e. The predicted octanol–water partition coefficient (Wildman–Crippen LogP) is 3.29. The summed E-state index contributed by atoms with van der Waals surface area (Å²) in [5.41, 5.74) is 4.74. The minimum absolute atomic E-state index is 0.0385. The van der Waals surface area contributed by atoms with Crippen LogP contribution >= 0.6 is 11.6 Å². The summed E-state index contributed by atoms with van der Waals surface area (Å²) >= 11 is 5.95. The van der Waals surface area contributed by atoms with Gasteiger partial charge in [0.05, 0.1) is 12.2 Å². The Balaban J connectivity index is 1.77. The van der Waals surface area contributed by atoms with Crippen LogP contribution in [0.4, 0.5) is 4.39 Å². The molecule has 8 nitrogen and oxygen atoms in total. The Hall–Kier alpha value is -3.27. The van der Waals surface area contributed by atoms with E-state index in [4.69, 9.17) is 21.2 Å². The van der Waals surface area contributed by atoms with Gasteiger partial charge >= 0.3 is 11.9 Å². The molecule has 3 rings (SSSR count). The van der Waals surface area contributed by atoms with Gasteiger partial charge in [0.1, 0.15) is 5.82 Å². The lowest BCUT2D eigenvalue weighted by molar-refractivity contribution is -0.148. The SMILES string of the molecule is CCc1cc(C(=O)NN(Cc2ccc(-c3cc(Cl)ccc3F)cc2)C[C@@H](O)C(=O)O)on1. The van der Waals surface area contributed by atoms with Gasteiger partial charge in [-0.05, 0) is 35.7 Å². The number of rotatable bonds is 9. The highest BCUT2D eigenvalue weighted by molar-refractivity contribution is 6.30. The summed E-state index contributed by atoms with van der Waals surface area (Å²) in [6.45, 7) is 1.55. The van der Waals surface area contributed by atoms with Gasteiger partial charge in [-0.1, -0.05) is 47.9 Å². The number of halogens is 2. The molecule has 0 unspecified atom stereocenters. The molecule has 0 aliphatic rings. The number of hydrazine groups is 1. The van der Waals surface area contributed by atoms with Crippen LogP contribution in [0.2, 0.25) is 5.02 Å². The van der Waals surface area contributed by atoms with E-state index in [-0.39, 0.29) is 18.8 Å². The maximum atomic E-state index is 14.1. The molecule has 0 spiro atoms. The van der Waals surface area contributed by atoms with Gasteiger partial charge in [-0.2, -0.15) is 0 Å². The molecule has 0 saturated carbocycles. The van der Waals surface area contributed by atoms with E-state index in [0.29, 0.717) is 33.8 Å². The first-order valence-electron chi connectivity index (χ1n) is 9.73. The highest BCUT2D eigenvalue weighted by atomic mass is 35.5. The number of carboxylic acid groups (broad SMARTS) is 1. The number of nitrogens with zero attached hydrogens (tertiary/aromatic N) is 2. The summed E-state index contributed by atoms with van der Waals surface area (Å²) in [6.07, 6.45) is -1.14. The quantitative estimate of drug-likeness (QED) is 0.419. The average molecular weight is 462 g/mol. The number of hydrogen-bond donors (Lipinski definition) is 3. The van der Waals surface area contributed by atoms with Crippen molar-refractivity contribution in [3.63, 3.8) is 0 Å². The Morgan fingerprint density at radius 3 is 2.56 bits per heavy atom. The van der Waals surface area contributed by atoms with Crippen LogP contribution in [0, 0.1) is 5.82 Å². The minimum atomic E-state index is -1.73. The minimum Gasteiger partial charge on any atom is -0.479 e. The lowest BCUT2D eigenvalue weighted by Crippen LogP contribution is -2.47. The Morgan fingerprint density at radius 2 is 1.94 bits per heavy atom. The van der Waals surface area contributed by atoms with Crippen LogP contribution in [-0.2, 0) is 17.8 Å². The highest BCUT2D eigenvalue weighted by Crippen LogP contribution is 2.26. The van der Waals surface area contributed by atoms with Crippen molar-refractivity contribution in [3.8, 4) is 11.1 Å². The van der Waals surface area contributed by atoms with Gasteiger partial charge in [0.15, 0.2) is 6.10 Å². The third-order valence-electron chi connectivity index (χ3n) is 4.65. The Morgan fingerprint density at radius 1 is 1.22 bits per heavy atom. The fourth-order valence-corrected chi connectivity index (χ4v) is 3.12. The predicted molar refractivity (Wildman–Crippen MR) is 114 cm³/mol. The summed E-state index contributed by atoms with van der Waals surface area (Å²) in [7, 11) is 0. The summed E-state index contributed by atoms with van der Waals surface area (Å²) in [4.78, 5) is 23.5. The van der Waals surface area contributed by atoms with Crippen molar-refractivity contribution in [3.05, 3.63) is 76.4 Å². The Kier molecular flexibility index (Phi) is 7.57. The van der Waals surface area contributed by atoms with Gasteiger partial charge in [-0.15, -0.1) is 0 Å². The molecule has 0 bridgehead atoms. The molecule has 3 aromatic rings.